The number of nitrogens with one attached hydrogen (secondary N) is 1. The van der Waals surface area contributed by atoms with E-state index in [4.69, 9.17) is 31.2 Å². The molecule has 36 heavy (non-hydrogen) atoms. The van der Waals surface area contributed by atoms with Crippen LogP contribution in [0.3, 0.4) is 0 Å². The minimum absolute atomic E-state index is 0.130. The van der Waals surface area contributed by atoms with Gasteiger partial charge in [0.25, 0.3) is 0 Å². The Labute approximate surface area is 215 Å². The molecule has 0 bridgehead atoms. The number of carboxylic acids is 1. The van der Waals surface area contributed by atoms with Crippen molar-refractivity contribution in [3.63, 3.8) is 0 Å². The van der Waals surface area contributed by atoms with Gasteiger partial charge in [0.1, 0.15) is 11.9 Å². The molecule has 4 rings (SSSR count). The number of esters is 1. The van der Waals surface area contributed by atoms with Crippen LogP contribution < -0.4 is 5.32 Å². The van der Waals surface area contributed by atoms with Gasteiger partial charge in [-0.3, -0.25) is 9.89 Å². The zero-order valence-electron chi connectivity index (χ0n) is 19.5. The third-order valence-electron chi connectivity index (χ3n) is 5.81. The molecular weight excluding hydrogens is 511 g/mol. The Kier molecular flexibility index (Phi) is 8.14. The standard InChI is InChI=1S/C24H24ClFN4O5S/c1-13(9-19(31)32)18-12-30(6-7-35-18)11-17-20(24(33)34-2)21(15-4-3-14(26)10-16(15)25)29-22(28-17)23-27-5-8-36-23/h3-5,8-10,18,21H,6-7,11-12H2,1-2H3,(H,28,29)(H,31,32)/b13-9+/t18-,21-/m0/s1. The van der Waals surface area contributed by atoms with Gasteiger partial charge in [-0.25, -0.2) is 19.0 Å². The molecule has 3 heterocycles. The van der Waals surface area contributed by atoms with Crippen molar-refractivity contribution in [2.45, 2.75) is 19.1 Å². The summed E-state index contributed by atoms with van der Waals surface area (Å²) in [5.41, 5.74) is 1.82. The molecule has 0 spiro atoms. The van der Waals surface area contributed by atoms with Crippen molar-refractivity contribution in [1.29, 1.82) is 0 Å². The first-order chi connectivity index (χ1) is 17.3. The number of aliphatic carboxylic acids is 1. The minimum Gasteiger partial charge on any atom is -0.478 e. The lowest BCUT2D eigenvalue weighted by atomic mass is 9.95. The molecule has 9 nitrogen and oxygen atoms in total. The second-order valence-corrected chi connectivity index (χ2v) is 9.52. The first-order valence-electron chi connectivity index (χ1n) is 11.0. The predicted octanol–water partition coefficient (Wildman–Crippen LogP) is 3.19. The van der Waals surface area contributed by atoms with Crippen LogP contribution in [0.25, 0.3) is 0 Å². The molecule has 0 saturated carbocycles. The van der Waals surface area contributed by atoms with Crippen LogP contribution in [0.15, 0.2) is 57.7 Å². The maximum atomic E-state index is 13.8. The molecule has 0 amide bonds. The van der Waals surface area contributed by atoms with Crippen LogP contribution >= 0.6 is 22.9 Å². The van der Waals surface area contributed by atoms with Gasteiger partial charge in [0.2, 0.25) is 0 Å². The van der Waals surface area contributed by atoms with Gasteiger partial charge in [-0.05, 0) is 24.6 Å². The van der Waals surface area contributed by atoms with Crippen molar-refractivity contribution in [3.05, 3.63) is 74.1 Å². The number of carbonyl (C=O) groups is 2. The van der Waals surface area contributed by atoms with Crippen LogP contribution in [-0.2, 0) is 19.1 Å². The quantitative estimate of drug-likeness (QED) is 0.411. The van der Waals surface area contributed by atoms with Crippen molar-refractivity contribution in [1.82, 2.24) is 15.2 Å². The van der Waals surface area contributed by atoms with Gasteiger partial charge < -0.3 is 19.9 Å². The molecule has 2 aliphatic heterocycles. The van der Waals surface area contributed by atoms with Crippen LogP contribution in [0.4, 0.5) is 4.39 Å². The minimum atomic E-state index is -1.04. The lowest BCUT2D eigenvalue weighted by molar-refractivity contribution is -0.136. The Morgan fingerprint density at radius 2 is 2.25 bits per heavy atom. The number of benzene rings is 1. The Morgan fingerprint density at radius 3 is 2.92 bits per heavy atom. The largest absolute Gasteiger partial charge is 0.478 e. The molecule has 1 fully saturated rings. The lowest BCUT2D eigenvalue weighted by Crippen LogP contribution is -2.46. The second kappa shape index (κ2) is 11.3. The number of aromatic nitrogens is 1. The number of nitrogens with zero attached hydrogens (tertiary/aromatic N) is 3. The van der Waals surface area contributed by atoms with E-state index in [0.29, 0.717) is 53.9 Å². The van der Waals surface area contributed by atoms with E-state index in [9.17, 15) is 14.0 Å². The van der Waals surface area contributed by atoms with E-state index in [1.165, 1.54) is 36.6 Å². The Balaban J connectivity index is 1.74. The number of carboxylic acid groups (broad SMARTS) is 1. The van der Waals surface area contributed by atoms with E-state index in [2.05, 4.69) is 10.3 Å². The topological polar surface area (TPSA) is 113 Å². The van der Waals surface area contributed by atoms with Crippen LogP contribution in [0.2, 0.25) is 5.02 Å². The van der Waals surface area contributed by atoms with Gasteiger partial charge in [-0.1, -0.05) is 17.7 Å². The van der Waals surface area contributed by atoms with Crippen LogP contribution in [0, 0.1) is 5.82 Å². The summed E-state index contributed by atoms with van der Waals surface area (Å²) < 4.78 is 24.7. The normalized spacial score (nSPS) is 21.1. The SMILES string of the molecule is COC(=O)C1=C(CN2CCO[C@H](/C(C)=C/C(=O)O)C2)NC(c2nccs2)=N[C@H]1c1ccc(F)cc1Cl. The molecule has 2 aromatic rings. The molecule has 1 aromatic carbocycles. The van der Waals surface area contributed by atoms with Crippen LogP contribution in [0.1, 0.15) is 23.5 Å². The van der Waals surface area contributed by atoms with Crippen LogP contribution in [0.5, 0.6) is 0 Å². The number of hydrogen-bond acceptors (Lipinski definition) is 9. The highest BCUT2D eigenvalue weighted by molar-refractivity contribution is 7.11. The summed E-state index contributed by atoms with van der Waals surface area (Å²) in [7, 11) is 1.28. The van der Waals surface area contributed by atoms with Crippen molar-refractivity contribution < 1.29 is 28.6 Å². The summed E-state index contributed by atoms with van der Waals surface area (Å²) in [6.07, 6.45) is 2.37. The molecule has 0 unspecified atom stereocenters. The Morgan fingerprint density at radius 1 is 1.44 bits per heavy atom. The number of amidine groups is 1. The van der Waals surface area contributed by atoms with Gasteiger partial charge in [0.15, 0.2) is 10.8 Å². The first-order valence-corrected chi connectivity index (χ1v) is 12.3. The molecule has 12 heteroatoms. The molecule has 2 N–H and O–H groups in total. The van der Waals surface area contributed by atoms with E-state index in [-0.39, 0.29) is 10.6 Å². The number of carbonyl (C=O) groups excluding carboxylic acids is 1. The molecular formula is C24H24ClFN4O5S. The van der Waals surface area contributed by atoms with Gasteiger partial charge in [0.05, 0.1) is 25.4 Å². The molecule has 1 aromatic heterocycles. The summed E-state index contributed by atoms with van der Waals surface area (Å²) in [5, 5.41) is 14.9. The zero-order valence-corrected chi connectivity index (χ0v) is 21.1. The average Bonchev–Trinajstić information content (AvgIpc) is 3.38. The predicted molar refractivity (Wildman–Crippen MR) is 133 cm³/mol. The van der Waals surface area contributed by atoms with Crippen LogP contribution in [-0.4, -0.2) is 72.2 Å². The maximum Gasteiger partial charge on any atom is 0.338 e. The maximum absolute atomic E-state index is 13.8. The second-order valence-electron chi connectivity index (χ2n) is 8.21. The summed E-state index contributed by atoms with van der Waals surface area (Å²) in [4.78, 5) is 35.2. The Bertz CT molecular complexity index is 1250. The number of hydrogen-bond donors (Lipinski definition) is 2. The highest BCUT2D eigenvalue weighted by Crippen LogP contribution is 2.37. The highest BCUT2D eigenvalue weighted by Gasteiger charge is 2.35. The number of halogens is 2. The Hall–Kier alpha value is -3.12. The number of thiazole rings is 1. The van der Waals surface area contributed by atoms with Crippen molar-refractivity contribution in [2.24, 2.45) is 4.99 Å². The number of ether oxygens (including phenoxy) is 2. The highest BCUT2D eigenvalue weighted by atomic mass is 35.5. The molecule has 2 aliphatic rings. The third-order valence-corrected chi connectivity index (χ3v) is 6.92. The smallest absolute Gasteiger partial charge is 0.338 e. The number of rotatable bonds is 7. The van der Waals surface area contributed by atoms with Crippen molar-refractivity contribution in [2.75, 3.05) is 33.4 Å². The summed E-state index contributed by atoms with van der Waals surface area (Å²) in [6.45, 7) is 3.37. The van der Waals surface area contributed by atoms with Gasteiger partial charge in [0, 0.05) is 53.6 Å². The number of methoxy groups -OCH3 is 1. The van der Waals surface area contributed by atoms with E-state index >= 15 is 0 Å². The molecule has 0 aliphatic carbocycles. The first kappa shape index (κ1) is 26.0. The van der Waals surface area contributed by atoms with Crippen molar-refractivity contribution in [3.8, 4) is 0 Å². The fourth-order valence-electron chi connectivity index (χ4n) is 4.10. The van der Waals surface area contributed by atoms with Crippen molar-refractivity contribution >= 4 is 40.7 Å². The van der Waals surface area contributed by atoms with Gasteiger partial charge in [-0.2, -0.15) is 0 Å². The summed E-state index contributed by atoms with van der Waals surface area (Å²) >= 11 is 7.76. The lowest BCUT2D eigenvalue weighted by Gasteiger charge is -2.35. The van der Waals surface area contributed by atoms with E-state index in [1.807, 2.05) is 10.3 Å². The molecule has 0 radical (unpaired) electrons. The number of aliphatic imine (C=N–C) groups is 1. The summed E-state index contributed by atoms with van der Waals surface area (Å²) in [6, 6.07) is 3.09. The third kappa shape index (κ3) is 5.81. The molecule has 1 saturated heterocycles. The molecule has 2 atom stereocenters. The molecule has 190 valence electrons. The van der Waals surface area contributed by atoms with E-state index in [0.717, 1.165) is 6.08 Å². The zero-order chi connectivity index (χ0) is 25.8. The van der Waals surface area contributed by atoms with E-state index < -0.39 is 29.9 Å². The monoisotopic (exact) mass is 534 g/mol. The van der Waals surface area contributed by atoms with E-state index in [1.54, 1.807) is 13.1 Å². The fraction of sp³-hybridized carbons (Fsp3) is 0.333. The van der Waals surface area contributed by atoms with Gasteiger partial charge >= 0.3 is 11.9 Å². The van der Waals surface area contributed by atoms with Gasteiger partial charge in [-0.15, -0.1) is 11.3 Å². The summed E-state index contributed by atoms with van der Waals surface area (Å²) in [5.74, 6) is -1.70. The average molecular weight is 535 g/mol. The number of morpholine rings is 1. The fourth-order valence-corrected chi connectivity index (χ4v) is 4.96.